The number of carbonyl (C=O) groups is 2. The van der Waals surface area contributed by atoms with Crippen LogP contribution in [0.2, 0.25) is 0 Å². The summed E-state index contributed by atoms with van der Waals surface area (Å²) in [6.07, 6.45) is 6.27. The van der Waals surface area contributed by atoms with Crippen LogP contribution in [0.1, 0.15) is 25.7 Å². The van der Waals surface area contributed by atoms with Gasteiger partial charge in [0, 0.05) is 49.6 Å². The van der Waals surface area contributed by atoms with Crippen LogP contribution in [-0.4, -0.2) is 82.1 Å². The summed E-state index contributed by atoms with van der Waals surface area (Å²) in [5.74, 6) is -0.520. The number of piperidine rings is 1. The van der Waals surface area contributed by atoms with E-state index in [0.717, 1.165) is 11.1 Å². The van der Waals surface area contributed by atoms with Crippen LogP contribution in [0.4, 0.5) is 4.39 Å². The van der Waals surface area contributed by atoms with E-state index in [1.165, 1.54) is 40.4 Å². The van der Waals surface area contributed by atoms with Crippen molar-refractivity contribution in [1.29, 1.82) is 0 Å². The molecule has 0 spiro atoms. The number of aliphatic hydroxyl groups is 1. The zero-order chi connectivity index (χ0) is 28.0. The predicted molar refractivity (Wildman–Crippen MR) is 150 cm³/mol. The van der Waals surface area contributed by atoms with Crippen LogP contribution in [-0.2, 0) is 16.1 Å². The van der Waals surface area contributed by atoms with Crippen molar-refractivity contribution in [3.05, 3.63) is 64.3 Å². The fraction of sp³-hybridized carbons (Fsp3) is 0.429. The van der Waals surface area contributed by atoms with Gasteiger partial charge in [-0.05, 0) is 51.1 Å². The van der Waals surface area contributed by atoms with E-state index in [-0.39, 0.29) is 29.7 Å². The van der Waals surface area contributed by atoms with Crippen LogP contribution in [0, 0.1) is 5.82 Å². The van der Waals surface area contributed by atoms with E-state index in [2.05, 4.69) is 10.3 Å². The maximum atomic E-state index is 13.3. The van der Waals surface area contributed by atoms with Gasteiger partial charge in [-0.1, -0.05) is 18.2 Å². The number of hydrogen-bond donors (Lipinski definition) is 2. The fourth-order valence-corrected chi connectivity index (χ4v) is 5.55. The van der Waals surface area contributed by atoms with Gasteiger partial charge >= 0.3 is 0 Å². The van der Waals surface area contributed by atoms with Gasteiger partial charge in [-0.15, -0.1) is 11.3 Å². The number of fused-ring (bicyclic) bond motifs is 1. The molecule has 1 aliphatic rings. The van der Waals surface area contributed by atoms with Crippen molar-refractivity contribution in [2.45, 2.75) is 37.8 Å². The molecule has 208 valence electrons. The summed E-state index contributed by atoms with van der Waals surface area (Å²) in [7, 11) is 3.84. The molecule has 3 aromatic rings. The highest BCUT2D eigenvalue weighted by Crippen LogP contribution is 2.31. The maximum Gasteiger partial charge on any atom is 0.271 e. The summed E-state index contributed by atoms with van der Waals surface area (Å²) < 4.78 is 15.2. The van der Waals surface area contributed by atoms with Gasteiger partial charge in [0.25, 0.3) is 5.56 Å². The first-order chi connectivity index (χ1) is 18.6. The van der Waals surface area contributed by atoms with Crippen LogP contribution in [0.3, 0.4) is 0 Å². The molecular formula is C28H34FN5O4S. The first kappa shape index (κ1) is 28.6. The van der Waals surface area contributed by atoms with E-state index in [9.17, 15) is 23.9 Å². The Hall–Kier alpha value is -3.41. The molecule has 0 saturated carbocycles. The van der Waals surface area contributed by atoms with Crippen LogP contribution < -0.4 is 10.9 Å². The molecule has 1 aliphatic heterocycles. The smallest absolute Gasteiger partial charge is 0.271 e. The average Bonchev–Trinajstić information content (AvgIpc) is 3.34. The fourth-order valence-electron chi connectivity index (χ4n) is 4.58. The third kappa shape index (κ3) is 7.37. The summed E-state index contributed by atoms with van der Waals surface area (Å²) in [5.41, 5.74) is 0.747. The van der Waals surface area contributed by atoms with Crippen molar-refractivity contribution in [2.75, 3.05) is 40.3 Å². The zero-order valence-corrected chi connectivity index (χ0v) is 23.0. The summed E-state index contributed by atoms with van der Waals surface area (Å²) in [6, 6.07) is 6.05. The van der Waals surface area contributed by atoms with Crippen LogP contribution >= 0.6 is 11.3 Å². The van der Waals surface area contributed by atoms with Crippen molar-refractivity contribution in [3.63, 3.8) is 0 Å². The number of amides is 2. The van der Waals surface area contributed by atoms with E-state index in [1.54, 1.807) is 23.1 Å². The van der Waals surface area contributed by atoms with Gasteiger partial charge < -0.3 is 20.2 Å². The third-order valence-corrected chi connectivity index (χ3v) is 7.78. The van der Waals surface area contributed by atoms with E-state index in [4.69, 9.17) is 0 Å². The molecule has 0 radical (unpaired) electrons. The second kappa shape index (κ2) is 12.6. The maximum absolute atomic E-state index is 13.3. The Bertz CT molecular complexity index is 1390. The van der Waals surface area contributed by atoms with Crippen molar-refractivity contribution in [3.8, 4) is 11.1 Å². The molecule has 0 atom stereocenters. The second-order valence-electron chi connectivity index (χ2n) is 10.2. The van der Waals surface area contributed by atoms with E-state index < -0.39 is 5.60 Å². The number of rotatable bonds is 10. The second-order valence-corrected chi connectivity index (χ2v) is 11.1. The molecule has 2 amide bonds. The predicted octanol–water partition coefficient (Wildman–Crippen LogP) is 2.63. The largest absolute Gasteiger partial charge is 0.388 e. The number of nitrogens with one attached hydrogen (secondary N) is 1. The highest BCUT2D eigenvalue weighted by molar-refractivity contribution is 7.17. The number of thiophene rings is 1. The number of likely N-dealkylation sites (tertiary alicyclic amines) is 1. The van der Waals surface area contributed by atoms with Gasteiger partial charge in [-0.3, -0.25) is 19.0 Å². The monoisotopic (exact) mass is 555 g/mol. The first-order valence-electron chi connectivity index (χ1n) is 13.0. The SMILES string of the molecule is CN(C)CC=CC(=O)NCCCC(=O)N1CCC(O)(Cn2cnc3c(-c4ccc(F)cc4)csc3c2=O)CC1. The zero-order valence-electron chi connectivity index (χ0n) is 22.2. The molecule has 9 nitrogen and oxygen atoms in total. The topological polar surface area (TPSA) is 108 Å². The Kier molecular flexibility index (Phi) is 9.26. The summed E-state index contributed by atoms with van der Waals surface area (Å²) in [4.78, 5) is 45.7. The number of halogens is 1. The van der Waals surface area contributed by atoms with Crippen molar-refractivity contribution < 1.29 is 19.1 Å². The molecule has 39 heavy (non-hydrogen) atoms. The summed E-state index contributed by atoms with van der Waals surface area (Å²) in [6.45, 7) is 1.98. The highest BCUT2D eigenvalue weighted by atomic mass is 32.1. The Morgan fingerprint density at radius 1 is 1.23 bits per heavy atom. The molecule has 0 bridgehead atoms. The Morgan fingerprint density at radius 2 is 1.95 bits per heavy atom. The minimum atomic E-state index is -1.13. The van der Waals surface area contributed by atoms with Crippen LogP contribution in [0.15, 0.2) is 52.9 Å². The minimum Gasteiger partial charge on any atom is -0.388 e. The Morgan fingerprint density at radius 3 is 2.64 bits per heavy atom. The standard InChI is InChI=1S/C28H34FN5O4S/c1-32(2)14-4-5-23(35)30-13-3-6-24(36)33-15-11-28(38,12-16-33)18-34-19-31-25-22(17-39-26(25)27(34)37)20-7-9-21(29)10-8-20/h4-5,7-10,17,19,38H,3,6,11-16,18H2,1-2H3,(H,30,35). The van der Waals surface area contributed by atoms with Gasteiger partial charge in [-0.2, -0.15) is 0 Å². The average molecular weight is 556 g/mol. The van der Waals surface area contributed by atoms with Gasteiger partial charge in [0.05, 0.1) is 24.0 Å². The van der Waals surface area contributed by atoms with E-state index in [1.807, 2.05) is 24.4 Å². The molecule has 0 aliphatic carbocycles. The number of benzene rings is 1. The number of aromatic nitrogens is 2. The highest BCUT2D eigenvalue weighted by Gasteiger charge is 2.34. The molecule has 4 rings (SSSR count). The molecule has 1 saturated heterocycles. The number of hydrogen-bond acceptors (Lipinski definition) is 7. The lowest BCUT2D eigenvalue weighted by atomic mass is 9.91. The van der Waals surface area contributed by atoms with Crippen LogP contribution in [0.25, 0.3) is 21.3 Å². The van der Waals surface area contributed by atoms with Crippen molar-refractivity contribution >= 4 is 33.4 Å². The molecule has 11 heteroatoms. The lowest BCUT2D eigenvalue weighted by Gasteiger charge is -2.38. The van der Waals surface area contributed by atoms with E-state index in [0.29, 0.717) is 62.1 Å². The molecule has 0 unspecified atom stereocenters. The van der Waals surface area contributed by atoms with E-state index >= 15 is 0 Å². The van der Waals surface area contributed by atoms with Gasteiger partial charge in [0.2, 0.25) is 11.8 Å². The van der Waals surface area contributed by atoms with Crippen molar-refractivity contribution in [2.24, 2.45) is 0 Å². The molecule has 2 aromatic heterocycles. The Labute approximate surface area is 230 Å². The molecule has 3 heterocycles. The molecule has 1 fully saturated rings. The van der Waals surface area contributed by atoms with Crippen molar-refractivity contribution in [1.82, 2.24) is 24.7 Å². The lowest BCUT2D eigenvalue weighted by molar-refractivity contribution is -0.136. The molecule has 2 N–H and O–H groups in total. The number of likely N-dealkylation sites (N-methyl/N-ethyl adjacent to an activating group) is 1. The first-order valence-corrected chi connectivity index (χ1v) is 13.8. The molecular weight excluding hydrogens is 521 g/mol. The number of nitrogens with zero attached hydrogens (tertiary/aromatic N) is 4. The quantitative estimate of drug-likeness (QED) is 0.294. The van der Waals surface area contributed by atoms with Gasteiger partial charge in [0.1, 0.15) is 10.5 Å². The third-order valence-electron chi connectivity index (χ3n) is 6.82. The normalized spacial score (nSPS) is 15.4. The number of carbonyl (C=O) groups excluding carboxylic acids is 2. The summed E-state index contributed by atoms with van der Waals surface area (Å²) in [5, 5.41) is 15.8. The Balaban J connectivity index is 1.28. The molecule has 1 aromatic carbocycles. The minimum absolute atomic E-state index is 0.0124. The van der Waals surface area contributed by atoms with Crippen LogP contribution in [0.5, 0.6) is 0 Å². The lowest BCUT2D eigenvalue weighted by Crippen LogP contribution is -2.49. The summed E-state index contributed by atoms with van der Waals surface area (Å²) >= 11 is 1.28. The van der Waals surface area contributed by atoms with Gasteiger partial charge in [-0.25, -0.2) is 9.37 Å². The van der Waals surface area contributed by atoms with Gasteiger partial charge in [0.15, 0.2) is 0 Å².